The molecule has 3 unspecified atom stereocenters. The molecule has 0 saturated carbocycles. The van der Waals surface area contributed by atoms with Gasteiger partial charge in [-0.3, -0.25) is 18.4 Å². The Balaban J connectivity index is 1.30. The number of carbonyl (C=O) groups excluding carboxylic acids is 3. The van der Waals surface area contributed by atoms with E-state index < -0.39 is 108 Å². The molecule has 0 aliphatic carbocycles. The first-order valence-electron chi connectivity index (χ1n) is 15.1. The summed E-state index contributed by atoms with van der Waals surface area (Å²) in [6.07, 6.45) is -9.46. The molecule has 12 N–H and O–H groups in total. The van der Waals surface area contributed by atoms with E-state index >= 15 is 0 Å². The second-order valence-electron chi connectivity index (χ2n) is 11.6. The molecule has 0 bridgehead atoms. The highest BCUT2D eigenvalue weighted by Gasteiger charge is 2.63. The summed E-state index contributed by atoms with van der Waals surface area (Å²) in [5.41, 5.74) is 7.96. The van der Waals surface area contributed by atoms with E-state index in [0.29, 0.717) is 0 Å². The van der Waals surface area contributed by atoms with Crippen molar-refractivity contribution in [1.82, 2.24) is 24.4 Å². The highest BCUT2D eigenvalue weighted by atomic mass is 31.3. The van der Waals surface area contributed by atoms with Crippen molar-refractivity contribution in [2.24, 2.45) is 5.73 Å². The van der Waals surface area contributed by atoms with Crippen LogP contribution in [0, 0.1) is 0 Å². The van der Waals surface area contributed by atoms with E-state index in [0.717, 1.165) is 17.2 Å². The number of amides is 1. The van der Waals surface area contributed by atoms with Crippen LogP contribution in [0.15, 0.2) is 36.7 Å². The number of aliphatic hydroxyl groups excluding tert-OH is 6. The molecule has 2 aromatic rings. The molecule has 2 aromatic heterocycles. The van der Waals surface area contributed by atoms with Crippen LogP contribution in [0.2, 0.25) is 0 Å². The summed E-state index contributed by atoms with van der Waals surface area (Å²) in [6.45, 7) is -4.00. The average molecular weight is 814 g/mol. The number of aliphatic hydroxyl groups is 6. The van der Waals surface area contributed by atoms with Gasteiger partial charge >= 0.3 is 27.6 Å². The minimum atomic E-state index is -5.90. The topological polar surface area (TPSA) is 411 Å². The molecule has 0 spiro atoms. The number of aromatic nitrogens is 4. The van der Waals surface area contributed by atoms with E-state index in [-0.39, 0.29) is 29.0 Å². The summed E-state index contributed by atoms with van der Waals surface area (Å²) < 4.78 is 51.3. The van der Waals surface area contributed by atoms with E-state index in [4.69, 9.17) is 30.6 Å². The first-order valence-corrected chi connectivity index (χ1v) is 18.1. The molecular formula is C25H33N7O20P2. The van der Waals surface area contributed by atoms with Gasteiger partial charge in [0.1, 0.15) is 49.0 Å². The van der Waals surface area contributed by atoms with Gasteiger partial charge in [-0.1, -0.05) is 6.08 Å². The summed E-state index contributed by atoms with van der Waals surface area (Å²) in [7, 11) is -11.6. The zero-order valence-electron chi connectivity index (χ0n) is 27.1. The lowest BCUT2D eigenvalue weighted by atomic mass is 9.90. The first kappa shape index (κ1) is 41.1. The van der Waals surface area contributed by atoms with E-state index in [1.54, 1.807) is 0 Å². The predicted octanol–water partition coefficient (Wildman–Crippen LogP) is -4.96. The molecule has 0 radical (unpaired) electrons. The number of anilines is 1. The Morgan fingerprint density at radius 1 is 1.02 bits per heavy atom. The minimum Gasteiger partial charge on any atom is -0.387 e. The number of allylic oxidation sites excluding steroid dienone is 1. The number of nitrogen functional groups attached to an aromatic ring is 1. The number of imidazole rings is 1. The van der Waals surface area contributed by atoms with Gasteiger partial charge in [0.15, 0.2) is 35.6 Å². The normalized spacial score (nSPS) is 31.1. The number of nitrogens with zero attached hydrogens (tertiary/aromatic N) is 5. The largest absolute Gasteiger partial charge is 0.481 e. The van der Waals surface area contributed by atoms with Crippen LogP contribution in [0.5, 0.6) is 0 Å². The molecule has 2 saturated heterocycles. The van der Waals surface area contributed by atoms with E-state index in [1.165, 1.54) is 23.4 Å². The number of phosphoric ester groups is 2. The standard InChI is InChI=1S/C25H33N7O20P2/c26-19-13-21(29-8-28-19)32(9-30-13)23-16(37)17(38)25(49-23,18(39)24(41)51-50-12(34)5-33)7-47-54(44,45)52-53(42,43)46-6-11-14(35)15(36)22(48-11)31-3-1-2-10(4-31)20(27)40/h1,3-4,8-9,11,14-18,22-23,33,35-39H,2,5-7H2,(H2,27,40)(H,42,43)(H,44,45)(H2,26,28,29)/t11-,14-,15-,16-,17+,18?,22-,23-,25-/m1/s1. The summed E-state index contributed by atoms with van der Waals surface area (Å²) in [4.78, 5) is 77.1. The van der Waals surface area contributed by atoms with Gasteiger partial charge in [0.25, 0.3) is 0 Å². The van der Waals surface area contributed by atoms with Gasteiger partial charge in [-0.2, -0.15) is 4.31 Å². The van der Waals surface area contributed by atoms with Crippen LogP contribution in [0.1, 0.15) is 12.6 Å². The van der Waals surface area contributed by atoms with Gasteiger partial charge in [-0.25, -0.2) is 43.4 Å². The quantitative estimate of drug-likeness (QED) is 0.0485. The molecule has 298 valence electrons. The van der Waals surface area contributed by atoms with Gasteiger partial charge in [-0.05, 0) is 6.42 Å². The number of primary amides is 1. The molecule has 0 aromatic carbocycles. The average Bonchev–Trinajstić information content (AvgIpc) is 3.77. The number of fused-ring (bicyclic) bond motifs is 1. The molecule has 3 aliphatic heterocycles. The van der Waals surface area contributed by atoms with Crippen LogP contribution in [-0.2, 0) is 56.1 Å². The third kappa shape index (κ3) is 8.45. The van der Waals surface area contributed by atoms with Gasteiger partial charge in [-0.15, -0.1) is 0 Å². The van der Waals surface area contributed by atoms with Crippen molar-refractivity contribution in [2.75, 3.05) is 25.6 Å². The highest BCUT2D eigenvalue weighted by molar-refractivity contribution is 7.61. The second-order valence-corrected chi connectivity index (χ2v) is 14.6. The van der Waals surface area contributed by atoms with Crippen molar-refractivity contribution in [1.29, 1.82) is 0 Å². The second kappa shape index (κ2) is 16.0. The maximum Gasteiger partial charge on any atom is 0.481 e. The van der Waals surface area contributed by atoms with Crippen molar-refractivity contribution in [3.63, 3.8) is 0 Å². The van der Waals surface area contributed by atoms with Crippen molar-refractivity contribution >= 4 is 50.5 Å². The lowest BCUT2D eigenvalue weighted by molar-refractivity contribution is -0.276. The molecule has 11 atom stereocenters. The first-order chi connectivity index (χ1) is 25.3. The lowest BCUT2D eigenvalue weighted by Crippen LogP contribution is -2.58. The van der Waals surface area contributed by atoms with E-state index in [1.807, 2.05) is 0 Å². The predicted molar refractivity (Wildman–Crippen MR) is 166 cm³/mol. The summed E-state index contributed by atoms with van der Waals surface area (Å²) in [6, 6.07) is 0. The fourth-order valence-electron chi connectivity index (χ4n) is 5.41. The Morgan fingerprint density at radius 2 is 1.72 bits per heavy atom. The van der Waals surface area contributed by atoms with E-state index in [2.05, 4.69) is 33.6 Å². The maximum absolute atomic E-state index is 12.9. The summed E-state index contributed by atoms with van der Waals surface area (Å²) in [5, 5.41) is 62.7. The third-order valence-corrected chi connectivity index (χ3v) is 10.7. The van der Waals surface area contributed by atoms with Crippen molar-refractivity contribution in [2.45, 2.75) is 61.1 Å². The van der Waals surface area contributed by atoms with Gasteiger partial charge < -0.3 is 66.3 Å². The van der Waals surface area contributed by atoms with Crippen LogP contribution < -0.4 is 11.5 Å². The van der Waals surface area contributed by atoms with Crippen LogP contribution in [-0.4, -0.2) is 151 Å². The van der Waals surface area contributed by atoms with Gasteiger partial charge in [0.05, 0.1) is 19.5 Å². The monoisotopic (exact) mass is 813 g/mol. The summed E-state index contributed by atoms with van der Waals surface area (Å²) >= 11 is 0. The zero-order chi connectivity index (χ0) is 39.7. The Hall–Kier alpha value is -4.02. The third-order valence-electron chi connectivity index (χ3n) is 8.08. The number of nitrogens with two attached hydrogens (primary N) is 2. The zero-order valence-corrected chi connectivity index (χ0v) is 28.9. The fraction of sp³-hybridized carbons (Fsp3) is 0.520. The number of phosphoric acid groups is 2. The molecule has 5 heterocycles. The molecule has 54 heavy (non-hydrogen) atoms. The number of carbonyl (C=O) groups is 3. The molecule has 27 nitrogen and oxygen atoms in total. The van der Waals surface area contributed by atoms with Crippen molar-refractivity contribution < 1.29 is 96.5 Å². The van der Waals surface area contributed by atoms with Crippen molar-refractivity contribution in [3.05, 3.63) is 36.7 Å². The number of hydrogen-bond donors (Lipinski definition) is 10. The molecule has 3 aliphatic rings. The lowest BCUT2D eigenvalue weighted by Gasteiger charge is -2.34. The highest BCUT2D eigenvalue weighted by Crippen LogP contribution is 2.61. The van der Waals surface area contributed by atoms with Gasteiger partial charge in [0.2, 0.25) is 5.91 Å². The molecular weight excluding hydrogens is 780 g/mol. The molecule has 29 heteroatoms. The fourth-order valence-corrected chi connectivity index (χ4v) is 7.53. The van der Waals surface area contributed by atoms with Crippen LogP contribution in [0.25, 0.3) is 11.2 Å². The Bertz CT molecular complexity index is 1910. The van der Waals surface area contributed by atoms with E-state index in [9.17, 15) is 58.8 Å². The molecule has 1 amide bonds. The summed E-state index contributed by atoms with van der Waals surface area (Å²) in [5.74, 6) is -4.38. The minimum absolute atomic E-state index is 0.0303. The SMILES string of the molecule is NC(=O)C1=CN([C@@H]2O[C@H](COP(=O)(O)OP(=O)(O)OC[C@@]3(C(O)C(=O)OOC(=O)CO)O[C@@H](n4cnc5c(N)ncnc54)[C@H](O)[C@@H]3O)[C@@H](O)[C@H]2O)C=CC1. The Kier molecular flexibility index (Phi) is 12.2. The number of hydrogen-bond acceptors (Lipinski definition) is 23. The Labute approximate surface area is 300 Å². The van der Waals surface area contributed by atoms with Crippen molar-refractivity contribution in [3.8, 4) is 0 Å². The Morgan fingerprint density at radius 3 is 2.41 bits per heavy atom. The maximum atomic E-state index is 12.9. The van der Waals surface area contributed by atoms with Crippen LogP contribution in [0.4, 0.5) is 5.82 Å². The molecule has 2 fully saturated rings. The molecule has 5 rings (SSSR count). The number of ether oxygens (including phenoxy) is 2. The smallest absolute Gasteiger partial charge is 0.387 e. The van der Waals surface area contributed by atoms with Crippen LogP contribution in [0.3, 0.4) is 0 Å². The van der Waals surface area contributed by atoms with Gasteiger partial charge in [0, 0.05) is 18.0 Å². The number of rotatable bonds is 14. The van der Waals surface area contributed by atoms with Crippen LogP contribution >= 0.6 is 15.6 Å².